The number of amides is 1. The van der Waals surface area contributed by atoms with E-state index >= 15 is 0 Å². The van der Waals surface area contributed by atoms with E-state index < -0.39 is 29.6 Å². The molecule has 3 N–H and O–H groups in total. The maximum atomic E-state index is 11.9. The molecular formula is C14H14N2O5S. The molecule has 0 bridgehead atoms. The van der Waals surface area contributed by atoms with Crippen molar-refractivity contribution in [2.24, 2.45) is 0 Å². The minimum atomic E-state index is -1.17. The highest BCUT2D eigenvalue weighted by Crippen LogP contribution is 2.21. The summed E-state index contributed by atoms with van der Waals surface area (Å²) in [6.45, 7) is -0.463. The molecule has 2 atom stereocenters. The fourth-order valence-corrected chi connectivity index (χ4v) is 2.52. The number of thiophene rings is 1. The Morgan fingerprint density at radius 2 is 2.00 bits per heavy atom. The second-order valence-electron chi connectivity index (χ2n) is 4.53. The Morgan fingerprint density at radius 1 is 1.32 bits per heavy atom. The summed E-state index contributed by atoms with van der Waals surface area (Å²) in [6, 6.07) is 7.75. The number of carbonyl (C=O) groups is 1. The molecule has 0 radical (unpaired) electrons. The van der Waals surface area contributed by atoms with Crippen molar-refractivity contribution in [1.29, 1.82) is 0 Å². The standard InChI is InChI=1S/C14H14N2O5S/c17-8-11(15-14(19)12-2-1-7-22-12)13(18)9-3-5-10(6-4-9)16(20)21/h1-7,11,13,17-18H,8H2,(H,15,19)/t11-,13+/m0/s1. The molecule has 2 rings (SSSR count). The first kappa shape index (κ1) is 16.1. The lowest BCUT2D eigenvalue weighted by atomic mass is 10.0. The Kier molecular flexibility index (Phi) is 5.21. The Hall–Kier alpha value is -2.29. The van der Waals surface area contributed by atoms with Crippen molar-refractivity contribution < 1.29 is 19.9 Å². The largest absolute Gasteiger partial charge is 0.394 e. The van der Waals surface area contributed by atoms with Crippen LogP contribution in [0.15, 0.2) is 41.8 Å². The van der Waals surface area contributed by atoms with E-state index in [1.165, 1.54) is 35.6 Å². The molecule has 0 saturated carbocycles. The number of nitrogens with zero attached hydrogens (tertiary/aromatic N) is 1. The number of nitrogens with one attached hydrogen (secondary N) is 1. The lowest BCUT2D eigenvalue weighted by Gasteiger charge is -2.22. The van der Waals surface area contributed by atoms with E-state index in [4.69, 9.17) is 0 Å². The van der Waals surface area contributed by atoms with Crippen molar-refractivity contribution in [2.75, 3.05) is 6.61 Å². The molecule has 0 aliphatic heterocycles. The van der Waals surface area contributed by atoms with Crippen LogP contribution in [0.3, 0.4) is 0 Å². The van der Waals surface area contributed by atoms with E-state index in [0.717, 1.165) is 0 Å². The third kappa shape index (κ3) is 3.67. The number of non-ortho nitro benzene ring substituents is 1. The summed E-state index contributed by atoms with van der Waals surface area (Å²) in [5.41, 5.74) is 0.273. The molecule has 0 unspecified atom stereocenters. The summed E-state index contributed by atoms with van der Waals surface area (Å²) in [7, 11) is 0. The van der Waals surface area contributed by atoms with E-state index in [-0.39, 0.29) is 5.69 Å². The summed E-state index contributed by atoms with van der Waals surface area (Å²) in [4.78, 5) is 22.5. The first-order valence-electron chi connectivity index (χ1n) is 6.40. The van der Waals surface area contributed by atoms with Gasteiger partial charge in [0.25, 0.3) is 11.6 Å². The van der Waals surface area contributed by atoms with Gasteiger partial charge in [-0.05, 0) is 29.1 Å². The van der Waals surface area contributed by atoms with Gasteiger partial charge in [-0.2, -0.15) is 0 Å². The van der Waals surface area contributed by atoms with Gasteiger partial charge >= 0.3 is 0 Å². The van der Waals surface area contributed by atoms with Gasteiger partial charge in [-0.15, -0.1) is 11.3 Å². The smallest absolute Gasteiger partial charge is 0.269 e. The molecule has 1 heterocycles. The fourth-order valence-electron chi connectivity index (χ4n) is 1.90. The van der Waals surface area contributed by atoms with Crippen LogP contribution in [0, 0.1) is 10.1 Å². The highest BCUT2D eigenvalue weighted by Gasteiger charge is 2.23. The minimum Gasteiger partial charge on any atom is -0.394 e. The average Bonchev–Trinajstić information content (AvgIpc) is 3.06. The molecule has 7 nitrogen and oxygen atoms in total. The number of nitro benzene ring substituents is 1. The van der Waals surface area contributed by atoms with Crippen molar-refractivity contribution >= 4 is 22.9 Å². The average molecular weight is 322 g/mol. The number of hydrogen-bond donors (Lipinski definition) is 3. The van der Waals surface area contributed by atoms with Crippen LogP contribution in [0.5, 0.6) is 0 Å². The minimum absolute atomic E-state index is 0.0980. The summed E-state index contributed by atoms with van der Waals surface area (Å²) in [5.74, 6) is -0.394. The zero-order valence-electron chi connectivity index (χ0n) is 11.4. The third-order valence-corrected chi connectivity index (χ3v) is 3.95. The second kappa shape index (κ2) is 7.12. The first-order valence-corrected chi connectivity index (χ1v) is 7.28. The van der Waals surface area contributed by atoms with Crippen LogP contribution < -0.4 is 5.32 Å². The van der Waals surface area contributed by atoms with E-state index in [9.17, 15) is 25.1 Å². The maximum Gasteiger partial charge on any atom is 0.269 e. The number of hydrogen-bond acceptors (Lipinski definition) is 6. The number of aliphatic hydroxyl groups excluding tert-OH is 2. The number of aliphatic hydroxyl groups is 2. The van der Waals surface area contributed by atoms with Crippen molar-refractivity contribution in [2.45, 2.75) is 12.1 Å². The molecular weight excluding hydrogens is 308 g/mol. The highest BCUT2D eigenvalue weighted by molar-refractivity contribution is 7.12. The van der Waals surface area contributed by atoms with Crippen LogP contribution in [-0.4, -0.2) is 33.7 Å². The topological polar surface area (TPSA) is 113 Å². The Labute approximate surface area is 130 Å². The van der Waals surface area contributed by atoms with E-state index in [1.807, 2.05) is 0 Å². The summed E-state index contributed by atoms with van der Waals surface area (Å²) in [6.07, 6.45) is -1.17. The SMILES string of the molecule is O=C(N[C@@H](CO)[C@H](O)c1ccc([N+](=O)[O-])cc1)c1cccs1. The summed E-state index contributed by atoms with van der Waals surface area (Å²) >= 11 is 1.25. The zero-order valence-corrected chi connectivity index (χ0v) is 12.2. The van der Waals surface area contributed by atoms with E-state index in [0.29, 0.717) is 10.4 Å². The summed E-state index contributed by atoms with van der Waals surface area (Å²) < 4.78 is 0. The first-order chi connectivity index (χ1) is 10.5. The van der Waals surface area contributed by atoms with Gasteiger partial charge in [-0.1, -0.05) is 6.07 Å². The van der Waals surface area contributed by atoms with Gasteiger partial charge in [0.2, 0.25) is 0 Å². The van der Waals surface area contributed by atoms with Gasteiger partial charge in [0.05, 0.1) is 22.4 Å². The molecule has 0 saturated heterocycles. The lowest BCUT2D eigenvalue weighted by Crippen LogP contribution is -2.41. The van der Waals surface area contributed by atoms with Gasteiger partial charge in [-0.25, -0.2) is 0 Å². The third-order valence-electron chi connectivity index (χ3n) is 3.08. The maximum absolute atomic E-state index is 11.9. The van der Waals surface area contributed by atoms with Crippen molar-refractivity contribution in [3.63, 3.8) is 0 Å². The van der Waals surface area contributed by atoms with Crippen LogP contribution >= 0.6 is 11.3 Å². The van der Waals surface area contributed by atoms with Crippen molar-refractivity contribution in [1.82, 2.24) is 5.32 Å². The van der Waals surface area contributed by atoms with Gasteiger partial charge in [0.15, 0.2) is 0 Å². The molecule has 0 aliphatic carbocycles. The summed E-state index contributed by atoms with van der Waals surface area (Å²) in [5, 5.41) is 34.5. The van der Waals surface area contributed by atoms with Crippen LogP contribution in [0.1, 0.15) is 21.3 Å². The van der Waals surface area contributed by atoms with Crippen LogP contribution in [-0.2, 0) is 0 Å². The molecule has 1 aromatic heterocycles. The molecule has 8 heteroatoms. The number of benzene rings is 1. The van der Waals surface area contributed by atoms with E-state index in [1.54, 1.807) is 17.5 Å². The molecule has 2 aromatic rings. The molecule has 0 spiro atoms. The molecule has 22 heavy (non-hydrogen) atoms. The molecule has 1 aromatic carbocycles. The Balaban J connectivity index is 2.09. The van der Waals surface area contributed by atoms with E-state index in [2.05, 4.69) is 5.32 Å². The van der Waals surface area contributed by atoms with Crippen LogP contribution in [0.25, 0.3) is 0 Å². The highest BCUT2D eigenvalue weighted by atomic mass is 32.1. The number of rotatable bonds is 6. The number of nitro groups is 1. The van der Waals surface area contributed by atoms with Crippen LogP contribution in [0.4, 0.5) is 5.69 Å². The zero-order chi connectivity index (χ0) is 16.1. The molecule has 1 amide bonds. The van der Waals surface area contributed by atoms with Crippen molar-refractivity contribution in [3.8, 4) is 0 Å². The lowest BCUT2D eigenvalue weighted by molar-refractivity contribution is -0.384. The predicted molar refractivity (Wildman–Crippen MR) is 80.7 cm³/mol. The van der Waals surface area contributed by atoms with Crippen LogP contribution in [0.2, 0.25) is 0 Å². The van der Waals surface area contributed by atoms with Gasteiger partial charge in [0, 0.05) is 12.1 Å². The quantitative estimate of drug-likeness (QED) is 0.551. The predicted octanol–water partition coefficient (Wildman–Crippen LogP) is 1.48. The monoisotopic (exact) mass is 322 g/mol. The van der Waals surface area contributed by atoms with Gasteiger partial charge < -0.3 is 15.5 Å². The van der Waals surface area contributed by atoms with Crippen molar-refractivity contribution in [3.05, 3.63) is 62.3 Å². The number of carbonyl (C=O) groups excluding carboxylic acids is 1. The normalized spacial score (nSPS) is 13.4. The van der Waals surface area contributed by atoms with Gasteiger partial charge in [0.1, 0.15) is 6.10 Å². The Morgan fingerprint density at radius 3 is 2.50 bits per heavy atom. The Bertz CT molecular complexity index is 642. The molecule has 116 valence electrons. The fraction of sp³-hybridized carbons (Fsp3) is 0.214. The molecule has 0 fully saturated rings. The van der Waals surface area contributed by atoms with Gasteiger partial charge in [-0.3, -0.25) is 14.9 Å². The second-order valence-corrected chi connectivity index (χ2v) is 5.48. The molecule has 0 aliphatic rings.